The molecule has 3 aromatic rings. The van der Waals surface area contributed by atoms with Gasteiger partial charge in [0.2, 0.25) is 6.41 Å². The molecule has 1 aliphatic rings. The fraction of sp³-hybridized carbons (Fsp3) is 0.250. The highest BCUT2D eigenvalue weighted by molar-refractivity contribution is 6.43. The van der Waals surface area contributed by atoms with E-state index in [4.69, 9.17) is 34.8 Å². The van der Waals surface area contributed by atoms with Gasteiger partial charge in [0.15, 0.2) is 0 Å². The van der Waals surface area contributed by atoms with Gasteiger partial charge in [-0.2, -0.15) is 0 Å². The highest BCUT2D eigenvalue weighted by Crippen LogP contribution is 2.44. The minimum Gasteiger partial charge on any atom is -0.354 e. The molecule has 1 amide bonds. The lowest BCUT2D eigenvalue weighted by Crippen LogP contribution is -2.35. The maximum absolute atomic E-state index is 13.4. The van der Waals surface area contributed by atoms with Gasteiger partial charge in [-0.15, -0.1) is 0 Å². The molecule has 32 heavy (non-hydrogen) atoms. The number of rotatable bonds is 5. The maximum atomic E-state index is 13.4. The predicted octanol–water partition coefficient (Wildman–Crippen LogP) is 7.31. The largest absolute Gasteiger partial charge is 0.354 e. The molecule has 2 aromatic carbocycles. The summed E-state index contributed by atoms with van der Waals surface area (Å²) in [6.07, 6.45) is 3.95. The Hall–Kier alpha value is -2.34. The van der Waals surface area contributed by atoms with E-state index in [1.165, 1.54) is 12.1 Å². The van der Waals surface area contributed by atoms with E-state index in [-0.39, 0.29) is 28.0 Å². The van der Waals surface area contributed by atoms with Crippen molar-refractivity contribution in [2.75, 3.05) is 11.9 Å². The number of pyridine rings is 1. The third kappa shape index (κ3) is 4.70. The van der Waals surface area contributed by atoms with Crippen LogP contribution in [0.5, 0.6) is 0 Å². The maximum Gasteiger partial charge on any atom is 0.210 e. The molecule has 2 atom stereocenters. The van der Waals surface area contributed by atoms with Gasteiger partial charge in [-0.1, -0.05) is 46.9 Å². The second-order valence-corrected chi connectivity index (χ2v) is 9.08. The number of nitrogens with one attached hydrogen (secondary N) is 1. The molecule has 1 aliphatic heterocycles. The molecule has 166 valence electrons. The Kier molecular flexibility index (Phi) is 6.89. The summed E-state index contributed by atoms with van der Waals surface area (Å²) < 4.78 is 13.4. The number of likely N-dealkylation sites (tertiary alicyclic amines) is 1. The summed E-state index contributed by atoms with van der Waals surface area (Å²) in [7, 11) is 0. The number of amides is 1. The first-order valence-corrected chi connectivity index (χ1v) is 11.3. The second-order valence-electron chi connectivity index (χ2n) is 7.91. The third-order valence-electron chi connectivity index (χ3n) is 5.93. The van der Waals surface area contributed by atoms with Crippen molar-refractivity contribution in [3.63, 3.8) is 0 Å². The van der Waals surface area contributed by atoms with Crippen LogP contribution < -0.4 is 5.32 Å². The van der Waals surface area contributed by atoms with Crippen molar-refractivity contribution in [3.05, 3.63) is 86.4 Å². The molecule has 1 fully saturated rings. The summed E-state index contributed by atoms with van der Waals surface area (Å²) >= 11 is 18.9. The summed E-state index contributed by atoms with van der Waals surface area (Å²) in [5.41, 5.74) is 4.18. The number of hydrogen-bond acceptors (Lipinski definition) is 3. The van der Waals surface area contributed by atoms with E-state index in [1.807, 2.05) is 19.1 Å². The van der Waals surface area contributed by atoms with Crippen LogP contribution in [0.25, 0.3) is 0 Å². The third-order valence-corrected chi connectivity index (χ3v) is 6.92. The predicted molar refractivity (Wildman–Crippen MR) is 128 cm³/mol. The molecule has 0 radical (unpaired) electrons. The molecule has 0 spiro atoms. The Morgan fingerprint density at radius 2 is 1.91 bits per heavy atom. The van der Waals surface area contributed by atoms with Crippen LogP contribution >= 0.6 is 34.8 Å². The van der Waals surface area contributed by atoms with Gasteiger partial charge in [-0.3, -0.25) is 4.79 Å². The minimum atomic E-state index is -0.270. The zero-order valence-electron chi connectivity index (χ0n) is 17.3. The average Bonchev–Trinajstić information content (AvgIpc) is 2.79. The Bertz CT molecular complexity index is 1140. The van der Waals surface area contributed by atoms with Crippen molar-refractivity contribution >= 4 is 52.6 Å². The van der Waals surface area contributed by atoms with Crippen LogP contribution in [-0.2, 0) is 4.79 Å². The summed E-state index contributed by atoms with van der Waals surface area (Å²) in [5, 5.41) is 4.47. The van der Waals surface area contributed by atoms with Gasteiger partial charge >= 0.3 is 0 Å². The molecule has 8 heteroatoms. The number of carbonyl (C=O) groups excluding carboxylic acids is 1. The van der Waals surface area contributed by atoms with E-state index >= 15 is 0 Å². The Balaban J connectivity index is 1.73. The van der Waals surface area contributed by atoms with Crippen LogP contribution in [0.15, 0.2) is 48.7 Å². The second kappa shape index (κ2) is 9.65. The number of aromatic nitrogens is 1. The van der Waals surface area contributed by atoms with Gasteiger partial charge in [0.25, 0.3) is 0 Å². The quantitative estimate of drug-likeness (QED) is 0.300. The van der Waals surface area contributed by atoms with Gasteiger partial charge in [0, 0.05) is 29.0 Å². The van der Waals surface area contributed by atoms with Crippen molar-refractivity contribution in [3.8, 4) is 0 Å². The molecule has 0 saturated carbocycles. The first-order chi connectivity index (χ1) is 15.4. The summed E-state index contributed by atoms with van der Waals surface area (Å²) in [5.74, 6) is -0.106. The number of hydrogen-bond donors (Lipinski definition) is 1. The average molecular weight is 493 g/mol. The molecule has 2 unspecified atom stereocenters. The number of piperidine rings is 1. The Morgan fingerprint density at radius 1 is 1.16 bits per heavy atom. The molecule has 1 N–H and O–H groups in total. The van der Waals surface area contributed by atoms with Crippen molar-refractivity contribution in [1.29, 1.82) is 0 Å². The lowest BCUT2D eigenvalue weighted by Gasteiger charge is -2.38. The smallest absolute Gasteiger partial charge is 0.210 e. The normalized spacial score (nSPS) is 18.5. The van der Waals surface area contributed by atoms with Crippen LogP contribution in [-0.4, -0.2) is 22.8 Å². The van der Waals surface area contributed by atoms with Crippen molar-refractivity contribution < 1.29 is 9.18 Å². The highest BCUT2D eigenvalue weighted by Gasteiger charge is 2.32. The van der Waals surface area contributed by atoms with Gasteiger partial charge in [-0.25, -0.2) is 9.37 Å². The number of halogens is 4. The van der Waals surface area contributed by atoms with E-state index in [0.717, 1.165) is 35.2 Å². The zero-order valence-corrected chi connectivity index (χ0v) is 19.6. The summed E-state index contributed by atoms with van der Waals surface area (Å²) in [4.78, 5) is 17.9. The van der Waals surface area contributed by atoms with Crippen molar-refractivity contribution in [2.24, 2.45) is 0 Å². The Morgan fingerprint density at radius 3 is 2.59 bits per heavy atom. The molecular formula is C24H21Cl3FN3O. The molecule has 4 rings (SSSR count). The number of carbonyl (C=O) groups is 1. The number of nitrogens with zero attached hydrogens (tertiary/aromatic N) is 2. The lowest BCUT2D eigenvalue weighted by molar-refractivity contribution is -0.121. The van der Waals surface area contributed by atoms with Crippen LogP contribution in [0.2, 0.25) is 15.2 Å². The van der Waals surface area contributed by atoms with Gasteiger partial charge in [-0.05, 0) is 67.1 Å². The molecule has 2 heterocycles. The fourth-order valence-corrected chi connectivity index (χ4v) is 4.79. The lowest BCUT2D eigenvalue weighted by atomic mass is 9.83. The number of benzene rings is 2. The molecule has 4 nitrogen and oxygen atoms in total. The number of anilines is 2. The SMILES string of the molecule is Cc1cc(Cl)ccc1Nc1c(C2CC(c3ccc(F)cc3)CCN2C=O)cnc(Cl)c1Cl. The first kappa shape index (κ1) is 22.8. The van der Waals surface area contributed by atoms with E-state index < -0.39 is 0 Å². The Labute approximate surface area is 201 Å². The van der Waals surface area contributed by atoms with Crippen LogP contribution in [0.4, 0.5) is 15.8 Å². The minimum absolute atomic E-state index is 0.163. The van der Waals surface area contributed by atoms with Gasteiger partial charge in [0.1, 0.15) is 16.0 Å². The van der Waals surface area contributed by atoms with E-state index in [9.17, 15) is 9.18 Å². The summed E-state index contributed by atoms with van der Waals surface area (Å²) in [6.45, 7) is 2.50. The van der Waals surface area contributed by atoms with Crippen molar-refractivity contribution in [2.45, 2.75) is 31.7 Å². The summed E-state index contributed by atoms with van der Waals surface area (Å²) in [6, 6.07) is 11.8. The van der Waals surface area contributed by atoms with Crippen LogP contribution in [0, 0.1) is 12.7 Å². The zero-order chi connectivity index (χ0) is 22.8. The highest BCUT2D eigenvalue weighted by atomic mass is 35.5. The van der Waals surface area contributed by atoms with Gasteiger partial charge in [0.05, 0.1) is 11.7 Å². The van der Waals surface area contributed by atoms with Crippen molar-refractivity contribution in [1.82, 2.24) is 9.88 Å². The van der Waals surface area contributed by atoms with Gasteiger partial charge < -0.3 is 10.2 Å². The van der Waals surface area contributed by atoms with E-state index in [0.29, 0.717) is 23.7 Å². The first-order valence-electron chi connectivity index (χ1n) is 10.2. The molecule has 0 bridgehead atoms. The number of aryl methyl sites for hydroxylation is 1. The van der Waals surface area contributed by atoms with Crippen LogP contribution in [0.1, 0.15) is 41.5 Å². The molecule has 1 saturated heterocycles. The van der Waals surface area contributed by atoms with E-state index in [2.05, 4.69) is 10.3 Å². The molecular weight excluding hydrogens is 472 g/mol. The van der Waals surface area contributed by atoms with E-state index in [1.54, 1.807) is 29.3 Å². The monoisotopic (exact) mass is 491 g/mol. The topological polar surface area (TPSA) is 45.2 Å². The van der Waals surface area contributed by atoms with Crippen LogP contribution in [0.3, 0.4) is 0 Å². The molecule has 0 aliphatic carbocycles. The fourth-order valence-electron chi connectivity index (χ4n) is 4.21. The molecule has 1 aromatic heterocycles. The standard InChI is InChI=1S/C24H21Cl3FN3O/c1-14-10-17(25)4-7-20(14)30-23-19(12-29-24(27)22(23)26)21-11-16(8-9-31(21)13-32)15-2-5-18(28)6-3-15/h2-7,10,12-13,16,21H,8-9,11H2,1H3,(H,29,30).